The van der Waals surface area contributed by atoms with Crippen LogP contribution in [0.25, 0.3) is 0 Å². The Morgan fingerprint density at radius 2 is 1.78 bits per heavy atom. The number of rotatable bonds is 7. The number of amides is 1. The number of oxime groups is 1. The number of hydrogen-bond acceptors (Lipinski definition) is 5. The molecule has 0 saturated carbocycles. The zero-order valence-corrected chi connectivity index (χ0v) is 14.8. The molecular weight excluding hydrogens is 365 g/mol. The summed E-state index contributed by atoms with van der Waals surface area (Å²) < 4.78 is 49.9. The smallest absolute Gasteiger partial charge is 0.268 e. The van der Waals surface area contributed by atoms with Gasteiger partial charge in [0.05, 0.1) is 26.1 Å². The van der Waals surface area contributed by atoms with Crippen LogP contribution in [0.2, 0.25) is 0 Å². The molecule has 2 aromatic carbocycles. The van der Waals surface area contributed by atoms with Gasteiger partial charge in [-0.1, -0.05) is 5.16 Å². The first kappa shape index (κ1) is 20.1. The van der Waals surface area contributed by atoms with Crippen LogP contribution in [0.1, 0.15) is 12.5 Å². The minimum atomic E-state index is -1.67. The average Bonchev–Trinajstić information content (AvgIpc) is 2.68. The van der Waals surface area contributed by atoms with Gasteiger partial charge in [-0.05, 0) is 37.3 Å². The van der Waals surface area contributed by atoms with E-state index in [-0.39, 0.29) is 0 Å². The molecule has 0 fully saturated rings. The van der Waals surface area contributed by atoms with Crippen LogP contribution in [-0.2, 0) is 9.63 Å². The molecule has 0 spiro atoms. The summed E-state index contributed by atoms with van der Waals surface area (Å²) in [5.74, 6) is -4.28. The van der Waals surface area contributed by atoms with E-state index >= 15 is 0 Å². The molecule has 0 unspecified atom stereocenters. The van der Waals surface area contributed by atoms with Crippen LogP contribution in [0.5, 0.6) is 11.5 Å². The van der Waals surface area contributed by atoms with Crippen LogP contribution < -0.4 is 14.8 Å². The fraction of sp³-hybridized carbons (Fsp3) is 0.222. The Kier molecular flexibility index (Phi) is 6.64. The quantitative estimate of drug-likeness (QED) is 0.452. The standard InChI is InChI=1S/C18H17F3N2O4/c1-10(18(24)23-13-6-5-12(19)16(20)17(13)21)27-22-9-11-4-7-14(25-2)15(8-11)26-3/h4-10H,1-3H3,(H,23,24)/b22-9-/t10-/m1/s1. The summed E-state index contributed by atoms with van der Waals surface area (Å²) in [5, 5.41) is 5.78. The minimum Gasteiger partial charge on any atom is -0.493 e. The number of carbonyl (C=O) groups is 1. The zero-order chi connectivity index (χ0) is 20.0. The first-order valence-electron chi connectivity index (χ1n) is 7.73. The van der Waals surface area contributed by atoms with Gasteiger partial charge in [-0.25, -0.2) is 13.2 Å². The molecule has 27 heavy (non-hydrogen) atoms. The molecular formula is C18H17F3N2O4. The highest BCUT2D eigenvalue weighted by molar-refractivity contribution is 5.94. The summed E-state index contributed by atoms with van der Waals surface area (Å²) in [7, 11) is 2.99. The van der Waals surface area contributed by atoms with E-state index in [1.54, 1.807) is 18.2 Å². The fourth-order valence-electron chi connectivity index (χ4n) is 2.02. The minimum absolute atomic E-state index is 0.487. The molecule has 2 rings (SSSR count). The van der Waals surface area contributed by atoms with E-state index in [1.165, 1.54) is 27.4 Å². The number of halogens is 3. The summed E-state index contributed by atoms with van der Waals surface area (Å²) in [5.41, 5.74) is 0.116. The normalized spacial score (nSPS) is 11.9. The molecule has 2 aromatic rings. The molecule has 0 aliphatic heterocycles. The van der Waals surface area contributed by atoms with Crippen LogP contribution in [-0.4, -0.2) is 32.4 Å². The molecule has 1 N–H and O–H groups in total. The topological polar surface area (TPSA) is 69.2 Å². The molecule has 9 heteroatoms. The maximum atomic E-state index is 13.6. The van der Waals surface area contributed by atoms with Gasteiger partial charge < -0.3 is 19.6 Å². The van der Waals surface area contributed by atoms with E-state index in [9.17, 15) is 18.0 Å². The van der Waals surface area contributed by atoms with Crippen molar-refractivity contribution in [3.05, 3.63) is 53.3 Å². The predicted molar refractivity (Wildman–Crippen MR) is 92.6 cm³/mol. The van der Waals surface area contributed by atoms with Gasteiger partial charge in [0, 0.05) is 5.56 Å². The third-order valence-electron chi connectivity index (χ3n) is 3.49. The Morgan fingerprint density at radius 1 is 1.07 bits per heavy atom. The molecule has 1 amide bonds. The van der Waals surface area contributed by atoms with Crippen molar-refractivity contribution < 1.29 is 32.3 Å². The van der Waals surface area contributed by atoms with Crippen molar-refractivity contribution in [3.63, 3.8) is 0 Å². The highest BCUT2D eigenvalue weighted by Crippen LogP contribution is 2.27. The van der Waals surface area contributed by atoms with E-state index < -0.39 is 35.2 Å². The van der Waals surface area contributed by atoms with Crippen LogP contribution in [0.3, 0.4) is 0 Å². The Balaban J connectivity index is 1.99. The number of carbonyl (C=O) groups excluding carboxylic acids is 1. The average molecular weight is 382 g/mol. The molecule has 0 radical (unpaired) electrons. The highest BCUT2D eigenvalue weighted by Gasteiger charge is 2.19. The zero-order valence-electron chi connectivity index (χ0n) is 14.8. The molecule has 0 aliphatic rings. The second-order valence-electron chi connectivity index (χ2n) is 5.31. The number of anilines is 1. The second-order valence-corrected chi connectivity index (χ2v) is 5.31. The summed E-state index contributed by atoms with van der Waals surface area (Å²) in [6.45, 7) is 1.36. The van der Waals surface area contributed by atoms with Crippen LogP contribution in [0.15, 0.2) is 35.5 Å². The summed E-state index contributed by atoms with van der Waals surface area (Å²) >= 11 is 0. The first-order chi connectivity index (χ1) is 12.9. The summed E-state index contributed by atoms with van der Waals surface area (Å²) in [4.78, 5) is 17.0. The van der Waals surface area contributed by atoms with Crippen molar-refractivity contribution in [3.8, 4) is 11.5 Å². The van der Waals surface area contributed by atoms with Gasteiger partial charge in [-0.15, -0.1) is 0 Å². The van der Waals surface area contributed by atoms with Crippen molar-refractivity contribution in [1.29, 1.82) is 0 Å². The van der Waals surface area contributed by atoms with Gasteiger partial charge in [-0.3, -0.25) is 4.79 Å². The number of nitrogens with zero attached hydrogens (tertiary/aromatic N) is 1. The van der Waals surface area contributed by atoms with E-state index in [0.717, 1.165) is 6.07 Å². The van der Waals surface area contributed by atoms with E-state index in [4.69, 9.17) is 14.3 Å². The second kappa shape index (κ2) is 8.93. The fourth-order valence-corrected chi connectivity index (χ4v) is 2.02. The Hall–Kier alpha value is -3.23. The lowest BCUT2D eigenvalue weighted by atomic mass is 10.2. The van der Waals surface area contributed by atoms with Crippen molar-refractivity contribution >= 4 is 17.8 Å². The molecule has 0 aliphatic carbocycles. The third-order valence-corrected chi connectivity index (χ3v) is 3.49. The Morgan fingerprint density at radius 3 is 2.44 bits per heavy atom. The Labute approximate surface area is 153 Å². The number of ether oxygens (including phenoxy) is 2. The molecule has 0 saturated heterocycles. The molecule has 0 bridgehead atoms. The van der Waals surface area contributed by atoms with E-state index in [1.807, 2.05) is 0 Å². The lowest BCUT2D eigenvalue weighted by Crippen LogP contribution is -2.27. The third kappa shape index (κ3) is 4.90. The monoisotopic (exact) mass is 382 g/mol. The van der Waals surface area contributed by atoms with Crippen molar-refractivity contribution in [2.75, 3.05) is 19.5 Å². The molecule has 1 atom stereocenters. The summed E-state index contributed by atoms with van der Waals surface area (Å²) in [6, 6.07) is 6.62. The van der Waals surface area contributed by atoms with Gasteiger partial charge in [0.2, 0.25) is 6.10 Å². The van der Waals surface area contributed by atoms with Gasteiger partial charge in [-0.2, -0.15) is 0 Å². The maximum absolute atomic E-state index is 13.6. The highest BCUT2D eigenvalue weighted by atomic mass is 19.2. The maximum Gasteiger partial charge on any atom is 0.268 e. The van der Waals surface area contributed by atoms with E-state index in [0.29, 0.717) is 23.1 Å². The summed E-state index contributed by atoms with van der Waals surface area (Å²) in [6.07, 6.45) is 0.220. The van der Waals surface area contributed by atoms with Gasteiger partial charge in [0.15, 0.2) is 29.0 Å². The molecule has 6 nitrogen and oxygen atoms in total. The first-order valence-corrected chi connectivity index (χ1v) is 7.73. The molecule has 0 heterocycles. The molecule has 144 valence electrons. The lowest BCUT2D eigenvalue weighted by Gasteiger charge is -2.11. The van der Waals surface area contributed by atoms with Crippen molar-refractivity contribution in [1.82, 2.24) is 0 Å². The van der Waals surface area contributed by atoms with Crippen LogP contribution in [0, 0.1) is 17.5 Å². The van der Waals surface area contributed by atoms with Gasteiger partial charge >= 0.3 is 0 Å². The largest absolute Gasteiger partial charge is 0.493 e. The van der Waals surface area contributed by atoms with Crippen molar-refractivity contribution in [2.24, 2.45) is 5.16 Å². The lowest BCUT2D eigenvalue weighted by molar-refractivity contribution is -0.126. The van der Waals surface area contributed by atoms with Gasteiger partial charge in [0.25, 0.3) is 5.91 Å². The van der Waals surface area contributed by atoms with Crippen LogP contribution >= 0.6 is 0 Å². The number of nitrogens with one attached hydrogen (secondary N) is 1. The number of hydrogen-bond donors (Lipinski definition) is 1. The molecule has 0 aromatic heterocycles. The SMILES string of the molecule is COc1ccc(/C=N\O[C@H](C)C(=O)Nc2ccc(F)c(F)c2F)cc1OC. The number of benzene rings is 2. The van der Waals surface area contributed by atoms with E-state index in [2.05, 4.69) is 10.5 Å². The van der Waals surface area contributed by atoms with Gasteiger partial charge in [0.1, 0.15) is 0 Å². The Bertz CT molecular complexity index is 859. The number of methoxy groups -OCH3 is 2. The predicted octanol–water partition coefficient (Wildman–Crippen LogP) is 3.50. The van der Waals surface area contributed by atoms with Crippen molar-refractivity contribution in [2.45, 2.75) is 13.0 Å². The van der Waals surface area contributed by atoms with Crippen LogP contribution in [0.4, 0.5) is 18.9 Å².